The third kappa shape index (κ3) is 6.99. The number of carbonyl (C=O) groups is 3. The summed E-state index contributed by atoms with van der Waals surface area (Å²) in [7, 11) is 1.28. The fourth-order valence-electron chi connectivity index (χ4n) is 3.24. The van der Waals surface area contributed by atoms with E-state index in [1.54, 1.807) is 45.0 Å². The van der Waals surface area contributed by atoms with Crippen molar-refractivity contribution in [2.75, 3.05) is 19.0 Å². The lowest BCUT2D eigenvalue weighted by Crippen LogP contribution is -2.47. The van der Waals surface area contributed by atoms with E-state index < -0.39 is 29.6 Å². The molecule has 0 fully saturated rings. The van der Waals surface area contributed by atoms with Crippen LogP contribution in [0.4, 0.5) is 10.5 Å². The number of alkyl carbamates (subject to hydrolysis) is 1. The lowest BCUT2D eigenvalue weighted by molar-refractivity contribution is -0.142. The van der Waals surface area contributed by atoms with Crippen LogP contribution in [0.3, 0.4) is 0 Å². The Morgan fingerprint density at radius 1 is 1.03 bits per heavy atom. The van der Waals surface area contributed by atoms with Gasteiger partial charge < -0.3 is 29.8 Å². The summed E-state index contributed by atoms with van der Waals surface area (Å²) in [5.41, 5.74) is 1.63. The van der Waals surface area contributed by atoms with Crippen molar-refractivity contribution in [3.63, 3.8) is 0 Å². The molecule has 0 spiro atoms. The Bertz CT molecular complexity index is 1150. The van der Waals surface area contributed by atoms with Gasteiger partial charge in [0.15, 0.2) is 6.61 Å². The maximum absolute atomic E-state index is 13.1. The first-order valence-corrected chi connectivity index (χ1v) is 10.8. The lowest BCUT2D eigenvalue weighted by Gasteiger charge is -2.23. The maximum Gasteiger partial charge on any atom is 0.408 e. The number of rotatable bonds is 8. The summed E-state index contributed by atoms with van der Waals surface area (Å²) in [5, 5.41) is 6.46. The predicted octanol–water partition coefficient (Wildman–Crippen LogP) is 3.79. The number of anilines is 1. The highest BCUT2D eigenvalue weighted by atomic mass is 16.6. The van der Waals surface area contributed by atoms with Gasteiger partial charge in [-0.1, -0.05) is 18.2 Å². The molecule has 0 unspecified atom stereocenters. The van der Waals surface area contributed by atoms with E-state index in [1.165, 1.54) is 7.11 Å². The summed E-state index contributed by atoms with van der Waals surface area (Å²) < 4.78 is 15.2. The van der Waals surface area contributed by atoms with E-state index in [-0.39, 0.29) is 13.0 Å². The van der Waals surface area contributed by atoms with Crippen LogP contribution in [0.2, 0.25) is 0 Å². The third-order valence-corrected chi connectivity index (χ3v) is 4.81. The van der Waals surface area contributed by atoms with Crippen LogP contribution in [0.1, 0.15) is 26.3 Å². The van der Waals surface area contributed by atoms with Gasteiger partial charge in [0.25, 0.3) is 0 Å². The minimum absolute atomic E-state index is 0.214. The SMILES string of the molecule is COC(=O)COc1ccc(NC(=O)[C@H](Cc2c[nH]c3ccccc23)NC(=O)OC(C)(C)C)cc1. The highest BCUT2D eigenvalue weighted by Gasteiger charge is 2.26. The summed E-state index contributed by atoms with van der Waals surface area (Å²) >= 11 is 0. The molecule has 2 amide bonds. The van der Waals surface area contributed by atoms with Gasteiger partial charge in [-0.3, -0.25) is 4.79 Å². The van der Waals surface area contributed by atoms with Crippen molar-refractivity contribution in [1.29, 1.82) is 0 Å². The van der Waals surface area contributed by atoms with Gasteiger partial charge in [0, 0.05) is 29.2 Å². The molecule has 3 aromatic rings. The third-order valence-electron chi connectivity index (χ3n) is 4.81. The monoisotopic (exact) mass is 467 g/mol. The number of aromatic nitrogens is 1. The van der Waals surface area contributed by atoms with Gasteiger partial charge in [0.1, 0.15) is 17.4 Å². The second-order valence-corrected chi connectivity index (χ2v) is 8.64. The van der Waals surface area contributed by atoms with Crippen molar-refractivity contribution in [3.8, 4) is 5.75 Å². The number of amides is 2. The number of benzene rings is 2. The van der Waals surface area contributed by atoms with Crippen molar-refractivity contribution in [3.05, 3.63) is 60.3 Å². The number of carbonyl (C=O) groups excluding carboxylic acids is 3. The van der Waals surface area contributed by atoms with Crippen LogP contribution in [0, 0.1) is 0 Å². The van der Waals surface area contributed by atoms with Gasteiger partial charge >= 0.3 is 12.1 Å². The van der Waals surface area contributed by atoms with Crippen LogP contribution in [0.5, 0.6) is 5.75 Å². The Morgan fingerprint density at radius 2 is 1.74 bits per heavy atom. The molecule has 180 valence electrons. The van der Waals surface area contributed by atoms with Gasteiger partial charge in [-0.05, 0) is 56.7 Å². The molecule has 2 aromatic carbocycles. The number of para-hydroxylation sites is 1. The molecular weight excluding hydrogens is 438 g/mol. The molecule has 0 aliphatic rings. The van der Waals surface area contributed by atoms with E-state index in [0.717, 1.165) is 16.5 Å². The number of aromatic amines is 1. The van der Waals surface area contributed by atoms with Gasteiger partial charge in [0.05, 0.1) is 7.11 Å². The average Bonchev–Trinajstić information content (AvgIpc) is 3.19. The maximum atomic E-state index is 13.1. The molecule has 1 aromatic heterocycles. The standard InChI is InChI=1S/C25H29N3O6/c1-25(2,3)34-24(31)28-21(13-16-14-26-20-8-6-5-7-19(16)20)23(30)27-17-9-11-18(12-10-17)33-15-22(29)32-4/h5-12,14,21,26H,13,15H2,1-4H3,(H,27,30)(H,28,31)/t21-/m0/s1. The van der Waals surface area contributed by atoms with E-state index in [9.17, 15) is 14.4 Å². The first-order valence-electron chi connectivity index (χ1n) is 10.8. The number of ether oxygens (including phenoxy) is 3. The van der Waals surface area contributed by atoms with Crippen molar-refractivity contribution in [2.45, 2.75) is 38.8 Å². The normalized spacial score (nSPS) is 12.0. The summed E-state index contributed by atoms with van der Waals surface area (Å²) in [6, 6.07) is 13.4. The molecule has 34 heavy (non-hydrogen) atoms. The number of nitrogens with one attached hydrogen (secondary N) is 3. The smallest absolute Gasteiger partial charge is 0.408 e. The minimum atomic E-state index is -0.885. The van der Waals surface area contributed by atoms with Crippen molar-refractivity contribution in [2.24, 2.45) is 0 Å². The zero-order valence-corrected chi connectivity index (χ0v) is 19.6. The molecule has 1 atom stereocenters. The highest BCUT2D eigenvalue weighted by Crippen LogP contribution is 2.21. The van der Waals surface area contributed by atoms with E-state index in [1.807, 2.05) is 30.5 Å². The number of H-pyrrole nitrogens is 1. The Balaban J connectivity index is 1.73. The van der Waals surface area contributed by atoms with Crippen molar-refractivity contribution in [1.82, 2.24) is 10.3 Å². The molecule has 3 rings (SSSR count). The molecule has 3 N–H and O–H groups in total. The van der Waals surface area contributed by atoms with Gasteiger partial charge in [-0.15, -0.1) is 0 Å². The van der Waals surface area contributed by atoms with E-state index in [4.69, 9.17) is 9.47 Å². The Kier molecular flexibility index (Phi) is 7.78. The summed E-state index contributed by atoms with van der Waals surface area (Å²) in [6.07, 6.45) is 1.41. The summed E-state index contributed by atoms with van der Waals surface area (Å²) in [4.78, 5) is 40.0. The quantitative estimate of drug-likeness (QED) is 0.434. The molecule has 0 aliphatic heterocycles. The Labute approximate surface area is 197 Å². The fourth-order valence-corrected chi connectivity index (χ4v) is 3.24. The van der Waals surface area contributed by atoms with E-state index in [0.29, 0.717) is 11.4 Å². The van der Waals surface area contributed by atoms with E-state index >= 15 is 0 Å². The average molecular weight is 468 g/mol. The lowest BCUT2D eigenvalue weighted by atomic mass is 10.0. The van der Waals surface area contributed by atoms with Crippen LogP contribution in [0.15, 0.2) is 54.7 Å². The molecule has 9 heteroatoms. The second kappa shape index (κ2) is 10.7. The van der Waals surface area contributed by atoms with Crippen molar-refractivity contribution < 1.29 is 28.6 Å². The fraction of sp³-hybridized carbons (Fsp3) is 0.320. The van der Waals surface area contributed by atoms with Gasteiger partial charge in [-0.25, -0.2) is 9.59 Å². The number of fused-ring (bicyclic) bond motifs is 1. The predicted molar refractivity (Wildman–Crippen MR) is 128 cm³/mol. The van der Waals surface area contributed by atoms with Crippen LogP contribution < -0.4 is 15.4 Å². The molecule has 0 bridgehead atoms. The second-order valence-electron chi connectivity index (χ2n) is 8.64. The van der Waals surface area contributed by atoms with Crippen LogP contribution >= 0.6 is 0 Å². The van der Waals surface area contributed by atoms with E-state index in [2.05, 4.69) is 20.4 Å². The first kappa shape index (κ1) is 24.6. The molecule has 1 heterocycles. The van der Waals surface area contributed by atoms with Crippen molar-refractivity contribution >= 4 is 34.6 Å². The molecule has 0 saturated carbocycles. The number of hydrogen-bond donors (Lipinski definition) is 3. The largest absolute Gasteiger partial charge is 0.482 e. The number of esters is 1. The van der Waals surface area contributed by atoms with Crippen LogP contribution in [-0.4, -0.2) is 48.3 Å². The molecular formula is C25H29N3O6. The Morgan fingerprint density at radius 3 is 2.41 bits per heavy atom. The van der Waals surface area contributed by atoms with Gasteiger partial charge in [0.2, 0.25) is 5.91 Å². The minimum Gasteiger partial charge on any atom is -0.482 e. The summed E-state index contributed by atoms with van der Waals surface area (Å²) in [5.74, 6) is -0.448. The van der Waals surface area contributed by atoms with Crippen LogP contribution in [0.25, 0.3) is 10.9 Å². The van der Waals surface area contributed by atoms with Gasteiger partial charge in [-0.2, -0.15) is 0 Å². The first-order chi connectivity index (χ1) is 16.1. The Hall–Kier alpha value is -4.01. The number of hydrogen-bond acceptors (Lipinski definition) is 6. The molecule has 0 aliphatic carbocycles. The molecule has 9 nitrogen and oxygen atoms in total. The zero-order valence-electron chi connectivity index (χ0n) is 19.6. The number of methoxy groups -OCH3 is 1. The molecule has 0 saturated heterocycles. The zero-order chi connectivity index (χ0) is 24.7. The summed E-state index contributed by atoms with van der Waals surface area (Å²) in [6.45, 7) is 5.05. The topological polar surface area (TPSA) is 119 Å². The van der Waals surface area contributed by atoms with Crippen LogP contribution in [-0.2, 0) is 25.5 Å². The molecule has 0 radical (unpaired) electrons. The highest BCUT2D eigenvalue weighted by molar-refractivity contribution is 5.97.